The maximum absolute atomic E-state index is 13.4. The fourth-order valence-electron chi connectivity index (χ4n) is 2.92. The van der Waals surface area contributed by atoms with Crippen molar-refractivity contribution in [3.63, 3.8) is 0 Å². The Morgan fingerprint density at radius 1 is 1.21 bits per heavy atom. The molecule has 1 aromatic carbocycles. The standard InChI is InChI=1S/C15H15F4NO4/c16-11-4-8(3-10(7-11)15(17,18)19)5-12-6-9(13(21)22)1-2-20(12)14(23)24/h3-4,7,9,12H,1-2,5-6H2,(H,21,22)(H,23,24). The molecule has 1 aliphatic heterocycles. The van der Waals surface area contributed by atoms with E-state index >= 15 is 0 Å². The van der Waals surface area contributed by atoms with E-state index in [4.69, 9.17) is 5.11 Å². The summed E-state index contributed by atoms with van der Waals surface area (Å²) >= 11 is 0. The molecular formula is C15H15F4NO4. The van der Waals surface area contributed by atoms with Crippen LogP contribution in [-0.4, -0.2) is 39.8 Å². The third-order valence-corrected chi connectivity index (χ3v) is 4.07. The molecule has 0 bridgehead atoms. The van der Waals surface area contributed by atoms with Crippen LogP contribution in [0.15, 0.2) is 18.2 Å². The second kappa shape index (κ2) is 6.66. The van der Waals surface area contributed by atoms with E-state index in [0.29, 0.717) is 6.07 Å². The van der Waals surface area contributed by atoms with E-state index in [1.807, 2.05) is 0 Å². The Morgan fingerprint density at radius 2 is 1.88 bits per heavy atom. The minimum absolute atomic E-state index is 0.0235. The third kappa shape index (κ3) is 4.15. The average Bonchev–Trinajstić information content (AvgIpc) is 2.45. The lowest BCUT2D eigenvalue weighted by atomic mass is 9.87. The topological polar surface area (TPSA) is 77.8 Å². The molecule has 1 aromatic rings. The molecule has 24 heavy (non-hydrogen) atoms. The van der Waals surface area contributed by atoms with Gasteiger partial charge in [-0.2, -0.15) is 13.2 Å². The van der Waals surface area contributed by atoms with Gasteiger partial charge in [-0.3, -0.25) is 4.79 Å². The van der Waals surface area contributed by atoms with Gasteiger partial charge >= 0.3 is 18.2 Å². The van der Waals surface area contributed by atoms with Crippen LogP contribution in [-0.2, 0) is 17.4 Å². The first kappa shape index (κ1) is 18.0. The van der Waals surface area contributed by atoms with E-state index in [1.54, 1.807) is 0 Å². The van der Waals surface area contributed by atoms with Crippen molar-refractivity contribution in [3.05, 3.63) is 35.1 Å². The highest BCUT2D eigenvalue weighted by Gasteiger charge is 2.36. The van der Waals surface area contributed by atoms with Crippen LogP contribution in [0.3, 0.4) is 0 Å². The van der Waals surface area contributed by atoms with Crippen molar-refractivity contribution in [2.45, 2.75) is 31.5 Å². The number of rotatable bonds is 3. The summed E-state index contributed by atoms with van der Waals surface area (Å²) in [7, 11) is 0. The molecular weight excluding hydrogens is 334 g/mol. The molecule has 2 unspecified atom stereocenters. The van der Waals surface area contributed by atoms with Crippen LogP contribution in [0.25, 0.3) is 0 Å². The number of amides is 1. The molecule has 1 amide bonds. The minimum atomic E-state index is -4.72. The molecule has 1 heterocycles. The average molecular weight is 349 g/mol. The molecule has 1 fully saturated rings. The number of benzene rings is 1. The summed E-state index contributed by atoms with van der Waals surface area (Å²) in [5.74, 6) is -2.94. The lowest BCUT2D eigenvalue weighted by Crippen LogP contribution is -2.48. The number of hydrogen-bond acceptors (Lipinski definition) is 2. The Balaban J connectivity index is 2.27. The Bertz CT molecular complexity index is 647. The monoisotopic (exact) mass is 349 g/mol. The molecule has 132 valence electrons. The number of piperidine rings is 1. The normalized spacial score (nSPS) is 21.6. The highest BCUT2D eigenvalue weighted by molar-refractivity contribution is 5.71. The summed E-state index contributed by atoms with van der Waals surface area (Å²) in [6.45, 7) is -0.0294. The third-order valence-electron chi connectivity index (χ3n) is 4.07. The summed E-state index contributed by atoms with van der Waals surface area (Å²) in [5, 5.41) is 18.2. The van der Waals surface area contributed by atoms with E-state index in [2.05, 4.69) is 0 Å². The fraction of sp³-hybridized carbons (Fsp3) is 0.467. The molecule has 0 radical (unpaired) electrons. The molecule has 0 aromatic heterocycles. The van der Waals surface area contributed by atoms with E-state index in [0.717, 1.165) is 17.0 Å². The van der Waals surface area contributed by atoms with Gasteiger partial charge in [0.05, 0.1) is 11.5 Å². The molecule has 2 rings (SSSR count). The largest absolute Gasteiger partial charge is 0.481 e. The lowest BCUT2D eigenvalue weighted by Gasteiger charge is -2.36. The van der Waals surface area contributed by atoms with Crippen molar-refractivity contribution < 1.29 is 37.4 Å². The van der Waals surface area contributed by atoms with Gasteiger partial charge in [-0.25, -0.2) is 9.18 Å². The molecule has 2 N–H and O–H groups in total. The Kier molecular flexibility index (Phi) is 5.00. The van der Waals surface area contributed by atoms with E-state index < -0.39 is 41.6 Å². The van der Waals surface area contributed by atoms with Gasteiger partial charge < -0.3 is 15.1 Å². The number of alkyl halides is 3. The highest BCUT2D eigenvalue weighted by Crippen LogP contribution is 2.32. The molecule has 0 spiro atoms. The zero-order chi connectivity index (χ0) is 18.1. The summed E-state index contributed by atoms with van der Waals surface area (Å²) in [6.07, 6.45) is -6.08. The smallest absolute Gasteiger partial charge is 0.416 e. The van der Waals surface area contributed by atoms with Crippen LogP contribution in [0.4, 0.5) is 22.4 Å². The summed E-state index contributed by atoms with van der Waals surface area (Å²) in [4.78, 5) is 23.3. The quantitative estimate of drug-likeness (QED) is 0.822. The van der Waals surface area contributed by atoms with Crippen LogP contribution < -0.4 is 0 Å². The van der Waals surface area contributed by atoms with E-state index in [-0.39, 0.29) is 31.4 Å². The molecule has 1 saturated heterocycles. The van der Waals surface area contributed by atoms with E-state index in [9.17, 15) is 32.3 Å². The van der Waals surface area contributed by atoms with Gasteiger partial charge in [0.2, 0.25) is 0 Å². The van der Waals surface area contributed by atoms with Gasteiger partial charge in [-0.1, -0.05) is 0 Å². The zero-order valence-corrected chi connectivity index (χ0v) is 12.4. The van der Waals surface area contributed by atoms with Crippen molar-refractivity contribution >= 4 is 12.1 Å². The zero-order valence-electron chi connectivity index (χ0n) is 12.4. The number of hydrogen-bond donors (Lipinski definition) is 2. The predicted octanol–water partition coefficient (Wildman–Crippen LogP) is 3.23. The second-order valence-electron chi connectivity index (χ2n) is 5.74. The maximum Gasteiger partial charge on any atom is 0.416 e. The van der Waals surface area contributed by atoms with Gasteiger partial charge in [-0.05, 0) is 43.0 Å². The molecule has 0 saturated carbocycles. The number of carbonyl (C=O) groups is 2. The van der Waals surface area contributed by atoms with Crippen molar-refractivity contribution in [1.82, 2.24) is 4.90 Å². The first-order chi connectivity index (χ1) is 11.1. The second-order valence-corrected chi connectivity index (χ2v) is 5.74. The van der Waals surface area contributed by atoms with Crippen molar-refractivity contribution in [1.29, 1.82) is 0 Å². The van der Waals surface area contributed by atoms with Crippen molar-refractivity contribution in [2.24, 2.45) is 5.92 Å². The number of aliphatic carboxylic acids is 1. The van der Waals surface area contributed by atoms with Crippen LogP contribution in [0.2, 0.25) is 0 Å². The minimum Gasteiger partial charge on any atom is -0.481 e. The lowest BCUT2D eigenvalue weighted by molar-refractivity contribution is -0.144. The van der Waals surface area contributed by atoms with Crippen molar-refractivity contribution in [3.8, 4) is 0 Å². The molecule has 5 nitrogen and oxygen atoms in total. The first-order valence-electron chi connectivity index (χ1n) is 7.17. The Labute approximate surface area is 134 Å². The summed E-state index contributed by atoms with van der Waals surface area (Å²) in [5.41, 5.74) is -1.19. The number of carboxylic acid groups (broad SMARTS) is 2. The number of likely N-dealkylation sites (tertiary alicyclic amines) is 1. The Hall–Kier alpha value is -2.32. The van der Waals surface area contributed by atoms with Crippen LogP contribution in [0.5, 0.6) is 0 Å². The van der Waals surface area contributed by atoms with Gasteiger partial charge in [0.1, 0.15) is 5.82 Å². The molecule has 1 aliphatic rings. The molecule has 0 aliphatic carbocycles. The number of carboxylic acids is 1. The van der Waals surface area contributed by atoms with Crippen molar-refractivity contribution in [2.75, 3.05) is 6.54 Å². The Morgan fingerprint density at radius 3 is 2.42 bits per heavy atom. The predicted molar refractivity (Wildman–Crippen MR) is 74.0 cm³/mol. The van der Waals surface area contributed by atoms with Crippen LogP contribution >= 0.6 is 0 Å². The fourth-order valence-corrected chi connectivity index (χ4v) is 2.92. The molecule has 2 atom stereocenters. The number of nitrogens with zero attached hydrogens (tertiary/aromatic N) is 1. The summed E-state index contributed by atoms with van der Waals surface area (Å²) < 4.78 is 51.7. The van der Waals surface area contributed by atoms with Crippen LogP contribution in [0.1, 0.15) is 24.0 Å². The van der Waals surface area contributed by atoms with Gasteiger partial charge in [0.15, 0.2) is 0 Å². The maximum atomic E-state index is 13.4. The first-order valence-corrected chi connectivity index (χ1v) is 7.17. The van der Waals surface area contributed by atoms with E-state index in [1.165, 1.54) is 0 Å². The van der Waals surface area contributed by atoms with Gasteiger partial charge in [0, 0.05) is 12.6 Å². The highest BCUT2D eigenvalue weighted by atomic mass is 19.4. The van der Waals surface area contributed by atoms with Gasteiger partial charge in [-0.15, -0.1) is 0 Å². The van der Waals surface area contributed by atoms with Gasteiger partial charge in [0.25, 0.3) is 0 Å². The summed E-state index contributed by atoms with van der Waals surface area (Å²) in [6, 6.07) is 1.20. The molecule has 9 heteroatoms. The number of halogens is 4. The van der Waals surface area contributed by atoms with Crippen LogP contribution in [0, 0.1) is 11.7 Å². The SMILES string of the molecule is O=C(O)C1CCN(C(=O)O)C(Cc2cc(F)cc(C(F)(F)F)c2)C1.